The molecule has 0 unspecified atom stereocenters. The van der Waals surface area contributed by atoms with Gasteiger partial charge in [-0.05, 0) is 79.7 Å². The maximum Gasteiger partial charge on any atom is 0.256 e. The lowest BCUT2D eigenvalue weighted by Gasteiger charge is -2.31. The number of hydrogen-bond donors (Lipinski definition) is 2. The van der Waals surface area contributed by atoms with Crippen LogP contribution in [0, 0.1) is 5.41 Å². The van der Waals surface area contributed by atoms with Gasteiger partial charge in [0.1, 0.15) is 12.2 Å². The van der Waals surface area contributed by atoms with Crippen molar-refractivity contribution in [1.82, 2.24) is 15.6 Å². The van der Waals surface area contributed by atoms with Gasteiger partial charge >= 0.3 is 0 Å². The summed E-state index contributed by atoms with van der Waals surface area (Å²) in [4.78, 5) is 33.7. The first kappa shape index (κ1) is 37.8. The normalized spacial score (nSPS) is 15.9. The van der Waals surface area contributed by atoms with Crippen LogP contribution in [0.2, 0.25) is 5.02 Å². The minimum absolute atomic E-state index is 0.179. The molecular formula is C41H49ClN4O5. The van der Waals surface area contributed by atoms with Crippen LogP contribution in [0.4, 0.5) is 5.69 Å². The van der Waals surface area contributed by atoms with Gasteiger partial charge in [-0.15, -0.1) is 0 Å². The monoisotopic (exact) mass is 712 g/mol. The van der Waals surface area contributed by atoms with Crippen LogP contribution in [0.15, 0.2) is 91.1 Å². The molecule has 51 heavy (non-hydrogen) atoms. The number of para-hydroxylation sites is 1. The average molecular weight is 713 g/mol. The molecule has 1 aliphatic heterocycles. The molecule has 9 nitrogen and oxygen atoms in total. The second kappa shape index (κ2) is 18.2. The summed E-state index contributed by atoms with van der Waals surface area (Å²) >= 11 is 6.60. The molecule has 0 aliphatic carbocycles. The summed E-state index contributed by atoms with van der Waals surface area (Å²) in [6.07, 6.45) is 2.54. The largest absolute Gasteiger partial charge is 0.492 e. The maximum absolute atomic E-state index is 14.3. The fourth-order valence-electron chi connectivity index (χ4n) is 6.15. The quantitative estimate of drug-likeness (QED) is 0.118. The third kappa shape index (κ3) is 10.8. The zero-order valence-electron chi connectivity index (χ0n) is 30.0. The first-order chi connectivity index (χ1) is 24.6. The van der Waals surface area contributed by atoms with Gasteiger partial charge in [-0.2, -0.15) is 0 Å². The van der Waals surface area contributed by atoms with Crippen LogP contribution in [0.1, 0.15) is 68.5 Å². The number of nitrogens with one attached hydrogen (secondary N) is 2. The summed E-state index contributed by atoms with van der Waals surface area (Å²) in [5.74, 6) is 0.444. The highest BCUT2D eigenvalue weighted by Gasteiger charge is 2.40. The van der Waals surface area contributed by atoms with Gasteiger partial charge in [-0.25, -0.2) is 0 Å². The van der Waals surface area contributed by atoms with E-state index in [9.17, 15) is 9.59 Å². The average Bonchev–Trinajstić information content (AvgIpc) is 3.22. The van der Waals surface area contributed by atoms with Gasteiger partial charge in [0, 0.05) is 34.6 Å². The molecule has 0 bridgehead atoms. The van der Waals surface area contributed by atoms with E-state index in [1.165, 1.54) is 5.56 Å². The van der Waals surface area contributed by atoms with E-state index in [1.54, 1.807) is 24.3 Å². The number of carbonyl (C=O) groups is 2. The van der Waals surface area contributed by atoms with Gasteiger partial charge in [0.05, 0.1) is 32.4 Å². The van der Waals surface area contributed by atoms with E-state index < -0.39 is 12.2 Å². The van der Waals surface area contributed by atoms with E-state index in [4.69, 9.17) is 25.8 Å². The summed E-state index contributed by atoms with van der Waals surface area (Å²) < 4.78 is 18.9. The number of amides is 2. The van der Waals surface area contributed by atoms with Crippen LogP contribution >= 0.6 is 11.6 Å². The SMILES string of the molecule is COc1c(OCCCNCCCc2ccccc2)cccc1[C@H]1O[C@H](CC(=O)NCc2ccccn2)C(=O)N(CC(C)(C)C)c2ccc(Cl)cc21. The topological polar surface area (TPSA) is 102 Å². The highest BCUT2D eigenvalue weighted by molar-refractivity contribution is 6.30. The highest BCUT2D eigenvalue weighted by Crippen LogP contribution is 2.45. The lowest BCUT2D eigenvalue weighted by molar-refractivity contribution is -0.138. The molecule has 270 valence electrons. The smallest absolute Gasteiger partial charge is 0.256 e. The Labute approximate surface area is 306 Å². The number of carbonyl (C=O) groups excluding carboxylic acids is 2. The van der Waals surface area contributed by atoms with Gasteiger partial charge in [0.15, 0.2) is 11.5 Å². The third-order valence-electron chi connectivity index (χ3n) is 8.51. The molecule has 5 rings (SSSR count). The van der Waals surface area contributed by atoms with Crippen molar-refractivity contribution >= 4 is 29.1 Å². The number of fused-ring (bicyclic) bond motifs is 1. The second-order valence-corrected chi connectivity index (χ2v) is 14.4. The number of hydrogen-bond acceptors (Lipinski definition) is 7. The van der Waals surface area contributed by atoms with E-state index in [-0.39, 0.29) is 30.2 Å². The first-order valence-corrected chi connectivity index (χ1v) is 18.0. The van der Waals surface area contributed by atoms with E-state index >= 15 is 0 Å². The van der Waals surface area contributed by atoms with E-state index in [0.29, 0.717) is 52.2 Å². The molecule has 10 heteroatoms. The van der Waals surface area contributed by atoms with Crippen molar-refractivity contribution in [1.29, 1.82) is 0 Å². The fraction of sp³-hybridized carbons (Fsp3) is 0.390. The number of nitrogens with zero attached hydrogens (tertiary/aromatic N) is 2. The Morgan fingerprint density at radius 3 is 2.49 bits per heavy atom. The molecule has 2 amide bonds. The number of aromatic nitrogens is 1. The Bertz CT molecular complexity index is 1730. The van der Waals surface area contributed by atoms with E-state index in [2.05, 4.69) is 60.7 Å². The van der Waals surface area contributed by atoms with Crippen LogP contribution in [0.25, 0.3) is 0 Å². The Kier molecular flexibility index (Phi) is 13.5. The molecule has 0 saturated carbocycles. The summed E-state index contributed by atoms with van der Waals surface area (Å²) in [6, 6.07) is 27.1. The predicted molar refractivity (Wildman–Crippen MR) is 201 cm³/mol. The van der Waals surface area contributed by atoms with Crippen LogP contribution in [-0.2, 0) is 27.3 Å². The highest BCUT2D eigenvalue weighted by atomic mass is 35.5. The van der Waals surface area contributed by atoms with Crippen LogP contribution < -0.4 is 25.0 Å². The maximum atomic E-state index is 14.3. The minimum Gasteiger partial charge on any atom is -0.492 e. The van der Waals surface area contributed by atoms with Crippen molar-refractivity contribution in [2.45, 2.75) is 65.2 Å². The molecule has 0 saturated heterocycles. The Hall–Kier alpha value is -4.44. The zero-order chi connectivity index (χ0) is 36.2. The summed E-state index contributed by atoms with van der Waals surface area (Å²) in [5, 5.41) is 6.90. The molecule has 2 N–H and O–H groups in total. The Balaban J connectivity index is 1.34. The summed E-state index contributed by atoms with van der Waals surface area (Å²) in [7, 11) is 1.59. The van der Waals surface area contributed by atoms with E-state index in [0.717, 1.165) is 32.4 Å². The molecule has 1 aromatic heterocycles. The van der Waals surface area contributed by atoms with Crippen LogP contribution in [0.5, 0.6) is 11.5 Å². The number of aryl methyl sites for hydroxylation is 1. The van der Waals surface area contributed by atoms with Crippen molar-refractivity contribution in [2.24, 2.45) is 5.41 Å². The van der Waals surface area contributed by atoms with Crippen LogP contribution in [0.3, 0.4) is 0 Å². The van der Waals surface area contributed by atoms with Gasteiger partial charge < -0.3 is 29.7 Å². The molecular weight excluding hydrogens is 664 g/mol. The summed E-state index contributed by atoms with van der Waals surface area (Å²) in [5.41, 5.74) is 3.86. The molecule has 1 aliphatic rings. The van der Waals surface area contributed by atoms with E-state index in [1.807, 2.05) is 54.6 Å². The lowest BCUT2D eigenvalue weighted by atomic mass is 9.94. The van der Waals surface area contributed by atoms with Crippen molar-refractivity contribution in [3.8, 4) is 11.5 Å². The molecule has 2 heterocycles. The molecule has 0 fully saturated rings. The number of halogens is 1. The first-order valence-electron chi connectivity index (χ1n) is 17.6. The standard InChI is InChI=1S/C41H49ClN4O5/c1-41(2,3)28-46-34-20-19-30(42)25-33(34)38(51-36(40(46)48)26-37(47)45-27-31-16-8-9-23-44-31)32-17-10-18-35(39(32)49-4)50-24-12-22-43-21-11-15-29-13-6-5-7-14-29/h5-10,13-14,16-20,23,25,36,38,43H,11-12,15,21-22,24,26-28H2,1-4H3,(H,45,47)/t36-,38-/m1/s1. The zero-order valence-corrected chi connectivity index (χ0v) is 30.7. The van der Waals surface area contributed by atoms with Gasteiger partial charge in [-0.3, -0.25) is 14.6 Å². The number of benzene rings is 3. The van der Waals surface area contributed by atoms with Crippen molar-refractivity contribution < 1.29 is 23.8 Å². The number of ether oxygens (including phenoxy) is 3. The Morgan fingerprint density at radius 1 is 0.961 bits per heavy atom. The fourth-order valence-corrected chi connectivity index (χ4v) is 6.33. The van der Waals surface area contributed by atoms with Gasteiger partial charge in [-0.1, -0.05) is 80.9 Å². The van der Waals surface area contributed by atoms with Crippen molar-refractivity contribution in [2.75, 3.05) is 38.3 Å². The molecule has 4 aromatic rings. The van der Waals surface area contributed by atoms with Gasteiger partial charge in [0.2, 0.25) is 5.91 Å². The Morgan fingerprint density at radius 2 is 1.75 bits per heavy atom. The molecule has 2 atom stereocenters. The number of pyridine rings is 1. The molecule has 0 spiro atoms. The number of anilines is 1. The summed E-state index contributed by atoms with van der Waals surface area (Å²) in [6.45, 7) is 9.08. The minimum atomic E-state index is -1.09. The number of methoxy groups -OCH3 is 1. The van der Waals surface area contributed by atoms with Crippen molar-refractivity contribution in [3.05, 3.63) is 119 Å². The molecule has 3 aromatic carbocycles. The predicted octanol–water partition coefficient (Wildman–Crippen LogP) is 7.31. The third-order valence-corrected chi connectivity index (χ3v) is 8.75. The van der Waals surface area contributed by atoms with Crippen molar-refractivity contribution in [3.63, 3.8) is 0 Å². The second-order valence-electron chi connectivity index (χ2n) is 13.9. The van der Waals surface area contributed by atoms with Crippen LogP contribution in [-0.4, -0.2) is 56.3 Å². The van der Waals surface area contributed by atoms with Gasteiger partial charge in [0.25, 0.3) is 5.91 Å². The molecule has 0 radical (unpaired) electrons. The number of rotatable bonds is 16. The lowest BCUT2D eigenvalue weighted by Crippen LogP contribution is -2.45.